The number of anilines is 1. The van der Waals surface area contributed by atoms with Crippen LogP contribution in [0.25, 0.3) is 0 Å². The molecule has 0 fully saturated rings. The molecule has 1 atom stereocenters. The second-order valence-corrected chi connectivity index (χ2v) is 4.54. The summed E-state index contributed by atoms with van der Waals surface area (Å²) in [5.74, 6) is -0.505. The summed E-state index contributed by atoms with van der Waals surface area (Å²) in [6.07, 6.45) is 0. The largest absolute Gasteiger partial charge is 0.464 e. The van der Waals surface area contributed by atoms with Crippen LogP contribution in [0.1, 0.15) is 13.8 Å². The molecule has 2 N–H and O–H groups in total. The van der Waals surface area contributed by atoms with E-state index in [0.717, 1.165) is 0 Å². The van der Waals surface area contributed by atoms with Gasteiger partial charge in [0.2, 0.25) is 0 Å². The molecule has 0 aromatic heterocycles. The minimum atomic E-state index is -0.752. The van der Waals surface area contributed by atoms with E-state index in [1.165, 1.54) is 13.0 Å². The zero-order valence-electron chi connectivity index (χ0n) is 10.5. The van der Waals surface area contributed by atoms with Crippen molar-refractivity contribution in [1.29, 1.82) is 0 Å². The van der Waals surface area contributed by atoms with Gasteiger partial charge in [-0.25, -0.2) is 9.59 Å². The lowest BCUT2D eigenvalue weighted by atomic mass is 10.3. The van der Waals surface area contributed by atoms with Gasteiger partial charge in [0.25, 0.3) is 0 Å². The first-order chi connectivity index (χ1) is 8.93. The van der Waals surface area contributed by atoms with E-state index in [1.807, 2.05) is 0 Å². The summed E-state index contributed by atoms with van der Waals surface area (Å²) in [6, 6.07) is 3.36. The van der Waals surface area contributed by atoms with Crippen LogP contribution in [0.2, 0.25) is 10.0 Å². The van der Waals surface area contributed by atoms with Crippen LogP contribution in [0.5, 0.6) is 0 Å². The molecule has 0 heterocycles. The number of halogens is 2. The van der Waals surface area contributed by atoms with E-state index >= 15 is 0 Å². The zero-order chi connectivity index (χ0) is 14.4. The molecule has 5 nitrogen and oxygen atoms in total. The summed E-state index contributed by atoms with van der Waals surface area (Å²) in [5.41, 5.74) is 0.364. The van der Waals surface area contributed by atoms with Crippen LogP contribution in [-0.2, 0) is 9.53 Å². The fraction of sp³-hybridized carbons (Fsp3) is 0.333. The maximum absolute atomic E-state index is 11.7. The lowest BCUT2D eigenvalue weighted by Gasteiger charge is -2.14. The third-order valence-corrected chi connectivity index (χ3v) is 2.73. The van der Waals surface area contributed by atoms with Crippen LogP contribution in [0.3, 0.4) is 0 Å². The highest BCUT2D eigenvalue weighted by Crippen LogP contribution is 2.25. The Morgan fingerprint density at radius 1 is 1.37 bits per heavy atom. The summed E-state index contributed by atoms with van der Waals surface area (Å²) < 4.78 is 4.77. The Hall–Kier alpha value is -1.46. The molecule has 0 saturated heterocycles. The van der Waals surface area contributed by atoms with Crippen LogP contribution >= 0.6 is 23.2 Å². The Balaban J connectivity index is 2.60. The number of amides is 2. The molecule has 0 aliphatic rings. The number of benzene rings is 1. The number of esters is 1. The molecule has 19 heavy (non-hydrogen) atoms. The molecular weight excluding hydrogens is 291 g/mol. The van der Waals surface area contributed by atoms with Crippen molar-refractivity contribution in [2.75, 3.05) is 11.9 Å². The molecule has 7 heteroatoms. The molecule has 0 aliphatic carbocycles. The number of rotatable bonds is 4. The van der Waals surface area contributed by atoms with E-state index < -0.39 is 18.0 Å². The third kappa shape index (κ3) is 4.96. The van der Waals surface area contributed by atoms with Gasteiger partial charge in [-0.1, -0.05) is 23.2 Å². The first-order valence-electron chi connectivity index (χ1n) is 5.63. The van der Waals surface area contributed by atoms with Crippen LogP contribution in [0.4, 0.5) is 10.5 Å². The van der Waals surface area contributed by atoms with Crippen LogP contribution in [0, 0.1) is 0 Å². The van der Waals surface area contributed by atoms with E-state index in [1.54, 1.807) is 19.1 Å². The molecule has 1 unspecified atom stereocenters. The fourth-order valence-electron chi connectivity index (χ4n) is 1.27. The molecule has 1 rings (SSSR count). The van der Waals surface area contributed by atoms with Crippen LogP contribution < -0.4 is 10.6 Å². The first-order valence-corrected chi connectivity index (χ1v) is 6.38. The van der Waals surface area contributed by atoms with E-state index in [9.17, 15) is 9.59 Å². The quantitative estimate of drug-likeness (QED) is 0.840. The van der Waals surface area contributed by atoms with Crippen molar-refractivity contribution in [3.05, 3.63) is 28.2 Å². The fourth-order valence-corrected chi connectivity index (χ4v) is 1.61. The van der Waals surface area contributed by atoms with E-state index in [0.29, 0.717) is 15.7 Å². The highest BCUT2D eigenvalue weighted by atomic mass is 35.5. The van der Waals surface area contributed by atoms with E-state index in [2.05, 4.69) is 10.6 Å². The lowest BCUT2D eigenvalue weighted by molar-refractivity contribution is -0.144. The van der Waals surface area contributed by atoms with Gasteiger partial charge < -0.3 is 15.4 Å². The van der Waals surface area contributed by atoms with Crippen LogP contribution in [0.15, 0.2) is 18.2 Å². The predicted molar refractivity (Wildman–Crippen MR) is 74.7 cm³/mol. The number of carbonyl (C=O) groups excluding carboxylic acids is 2. The molecule has 0 spiro atoms. The van der Waals surface area contributed by atoms with Crippen molar-refractivity contribution < 1.29 is 14.3 Å². The second-order valence-electron chi connectivity index (χ2n) is 3.70. The Morgan fingerprint density at radius 2 is 2.05 bits per heavy atom. The van der Waals surface area contributed by atoms with Crippen molar-refractivity contribution in [3.8, 4) is 0 Å². The van der Waals surface area contributed by atoms with E-state index in [4.69, 9.17) is 27.9 Å². The smallest absolute Gasteiger partial charge is 0.328 e. The van der Waals surface area contributed by atoms with Gasteiger partial charge in [0, 0.05) is 5.02 Å². The van der Waals surface area contributed by atoms with E-state index in [-0.39, 0.29) is 6.61 Å². The van der Waals surface area contributed by atoms with Gasteiger partial charge in [0.05, 0.1) is 17.3 Å². The lowest BCUT2D eigenvalue weighted by Crippen LogP contribution is -2.41. The average Bonchev–Trinajstić information content (AvgIpc) is 2.34. The summed E-state index contributed by atoms with van der Waals surface area (Å²) in [6.45, 7) is 3.47. The molecule has 1 aromatic carbocycles. The predicted octanol–water partition coefficient (Wildman–Crippen LogP) is 3.07. The van der Waals surface area contributed by atoms with Gasteiger partial charge in [-0.2, -0.15) is 0 Å². The van der Waals surface area contributed by atoms with Gasteiger partial charge in [-0.3, -0.25) is 0 Å². The Morgan fingerprint density at radius 3 is 2.68 bits per heavy atom. The maximum atomic E-state index is 11.7. The number of hydrogen-bond donors (Lipinski definition) is 2. The zero-order valence-corrected chi connectivity index (χ0v) is 12.0. The molecule has 1 aromatic rings. The van der Waals surface area contributed by atoms with Crippen molar-refractivity contribution in [1.82, 2.24) is 5.32 Å². The summed E-state index contributed by atoms with van der Waals surface area (Å²) in [7, 11) is 0. The molecule has 0 aliphatic heterocycles. The van der Waals surface area contributed by atoms with Gasteiger partial charge in [0.1, 0.15) is 6.04 Å². The molecule has 0 radical (unpaired) electrons. The van der Waals surface area contributed by atoms with Gasteiger partial charge in [0.15, 0.2) is 0 Å². The minimum absolute atomic E-state index is 0.257. The van der Waals surface area contributed by atoms with Gasteiger partial charge in [-0.05, 0) is 32.0 Å². The number of urea groups is 1. The van der Waals surface area contributed by atoms with Crippen molar-refractivity contribution in [3.63, 3.8) is 0 Å². The molecular formula is C12H14Cl2N2O3. The Bertz CT molecular complexity index is 480. The van der Waals surface area contributed by atoms with Crippen molar-refractivity contribution in [2.24, 2.45) is 0 Å². The third-order valence-electron chi connectivity index (χ3n) is 2.16. The highest BCUT2D eigenvalue weighted by Gasteiger charge is 2.16. The number of hydrogen-bond acceptors (Lipinski definition) is 3. The topological polar surface area (TPSA) is 67.4 Å². The molecule has 0 saturated carbocycles. The average molecular weight is 305 g/mol. The molecule has 2 amide bonds. The van der Waals surface area contributed by atoms with Gasteiger partial charge >= 0.3 is 12.0 Å². The minimum Gasteiger partial charge on any atom is -0.464 e. The van der Waals surface area contributed by atoms with Gasteiger partial charge in [-0.15, -0.1) is 0 Å². The molecule has 0 bridgehead atoms. The summed E-state index contributed by atoms with van der Waals surface area (Å²) in [4.78, 5) is 23.0. The standard InChI is InChI=1S/C12H14Cl2N2O3/c1-3-19-11(17)7(2)15-12(18)16-10-6-8(13)4-5-9(10)14/h4-7H,3H2,1-2H3,(H2,15,16,18). The molecule has 104 valence electrons. The highest BCUT2D eigenvalue weighted by molar-refractivity contribution is 6.35. The first kappa shape index (κ1) is 15.6. The number of nitrogens with one attached hydrogen (secondary N) is 2. The second kappa shape index (κ2) is 7.21. The van der Waals surface area contributed by atoms with Crippen molar-refractivity contribution >= 4 is 40.9 Å². The summed E-state index contributed by atoms with van der Waals surface area (Å²) >= 11 is 11.7. The number of carbonyl (C=O) groups is 2. The monoisotopic (exact) mass is 304 g/mol. The number of ether oxygens (including phenoxy) is 1. The normalized spacial score (nSPS) is 11.6. The maximum Gasteiger partial charge on any atom is 0.328 e. The Kier molecular flexibility index (Phi) is 5.92. The Labute approximate surface area is 121 Å². The van der Waals surface area contributed by atoms with Crippen LogP contribution in [-0.4, -0.2) is 24.6 Å². The summed E-state index contributed by atoms with van der Waals surface area (Å²) in [5, 5.41) is 5.73. The van der Waals surface area contributed by atoms with Crippen molar-refractivity contribution in [2.45, 2.75) is 19.9 Å². The SMILES string of the molecule is CCOC(=O)C(C)NC(=O)Nc1cc(Cl)ccc1Cl.